The van der Waals surface area contributed by atoms with Crippen molar-refractivity contribution in [1.29, 1.82) is 0 Å². The smallest absolute Gasteiger partial charge is 0.317 e. The van der Waals surface area contributed by atoms with Crippen LogP contribution >= 0.6 is 0 Å². The summed E-state index contributed by atoms with van der Waals surface area (Å²) in [6.45, 7) is 12.7. The molecule has 0 bridgehead atoms. The zero-order valence-electron chi connectivity index (χ0n) is 15.9. The van der Waals surface area contributed by atoms with E-state index in [4.69, 9.17) is 0 Å². The first-order valence-electron chi connectivity index (χ1n) is 9.84. The maximum atomic E-state index is 12.4. The van der Waals surface area contributed by atoms with Crippen LogP contribution < -0.4 is 5.32 Å². The number of rotatable bonds is 6. The Hall–Kier alpha value is -0.810. The molecule has 0 saturated carbocycles. The molecule has 0 aromatic heterocycles. The number of likely N-dealkylation sites (tertiary alicyclic amines) is 2. The number of nitrogens with one attached hydrogen (secondary N) is 1. The summed E-state index contributed by atoms with van der Waals surface area (Å²) in [6, 6.07) is 0.0821. The molecule has 2 rings (SSSR count). The zero-order chi connectivity index (χ0) is 17.6. The molecule has 2 aliphatic rings. The van der Waals surface area contributed by atoms with Crippen LogP contribution in [0.5, 0.6) is 0 Å². The van der Waals surface area contributed by atoms with Crippen LogP contribution in [0.4, 0.5) is 4.79 Å². The molecule has 1 unspecified atom stereocenters. The molecule has 0 aromatic carbocycles. The molecule has 2 heterocycles. The first-order chi connectivity index (χ1) is 11.5. The maximum Gasteiger partial charge on any atom is 0.317 e. The van der Waals surface area contributed by atoms with Crippen LogP contribution in [0.15, 0.2) is 0 Å². The fourth-order valence-corrected chi connectivity index (χ4v) is 4.15. The lowest BCUT2D eigenvalue weighted by molar-refractivity contribution is 0.0515. The van der Waals surface area contributed by atoms with Crippen LogP contribution in [-0.4, -0.2) is 66.8 Å². The van der Waals surface area contributed by atoms with E-state index in [-0.39, 0.29) is 18.1 Å². The summed E-state index contributed by atoms with van der Waals surface area (Å²) in [6.07, 6.45) is 5.29. The summed E-state index contributed by atoms with van der Waals surface area (Å²) < 4.78 is 0. The quantitative estimate of drug-likeness (QED) is 0.782. The number of nitrogens with zero attached hydrogens (tertiary/aromatic N) is 2. The van der Waals surface area contributed by atoms with Gasteiger partial charge in [-0.25, -0.2) is 4.79 Å². The predicted molar refractivity (Wildman–Crippen MR) is 98.0 cm³/mol. The van der Waals surface area contributed by atoms with E-state index < -0.39 is 0 Å². The molecule has 2 amide bonds. The van der Waals surface area contributed by atoms with Gasteiger partial charge in [0.25, 0.3) is 0 Å². The van der Waals surface area contributed by atoms with Gasteiger partial charge in [-0.05, 0) is 55.9 Å². The fourth-order valence-electron chi connectivity index (χ4n) is 4.15. The highest BCUT2D eigenvalue weighted by atomic mass is 16.3. The minimum absolute atomic E-state index is 0.0392. The number of aliphatic hydroxyl groups is 1. The van der Waals surface area contributed by atoms with Gasteiger partial charge in [0.15, 0.2) is 0 Å². The van der Waals surface area contributed by atoms with Crippen molar-refractivity contribution in [3.63, 3.8) is 0 Å². The van der Waals surface area contributed by atoms with E-state index >= 15 is 0 Å². The van der Waals surface area contributed by atoms with Crippen LogP contribution in [0.1, 0.15) is 52.9 Å². The lowest BCUT2D eigenvalue weighted by atomic mass is 9.77. The van der Waals surface area contributed by atoms with Crippen molar-refractivity contribution in [2.75, 3.05) is 45.9 Å². The number of carbonyl (C=O) groups excluding carboxylic acids is 1. The Balaban J connectivity index is 1.71. The number of carbonyl (C=O) groups is 1. The number of piperidine rings is 2. The molecule has 5 heteroatoms. The highest BCUT2D eigenvalue weighted by molar-refractivity contribution is 5.74. The molecular weight excluding hydrogens is 302 g/mol. The van der Waals surface area contributed by atoms with Gasteiger partial charge in [0.2, 0.25) is 0 Å². The number of hydrogen-bond donors (Lipinski definition) is 2. The zero-order valence-corrected chi connectivity index (χ0v) is 15.9. The summed E-state index contributed by atoms with van der Waals surface area (Å²) >= 11 is 0. The van der Waals surface area contributed by atoms with Gasteiger partial charge in [-0.1, -0.05) is 20.8 Å². The molecule has 5 nitrogen and oxygen atoms in total. The van der Waals surface area contributed by atoms with E-state index in [1.54, 1.807) is 0 Å². The van der Waals surface area contributed by atoms with Gasteiger partial charge >= 0.3 is 6.03 Å². The molecule has 1 atom stereocenters. The predicted octanol–water partition coefficient (Wildman–Crippen LogP) is 2.55. The second kappa shape index (κ2) is 9.04. The van der Waals surface area contributed by atoms with Crippen molar-refractivity contribution >= 4 is 6.03 Å². The topological polar surface area (TPSA) is 55.8 Å². The van der Waals surface area contributed by atoms with Crippen LogP contribution in [0.2, 0.25) is 0 Å². The summed E-state index contributed by atoms with van der Waals surface area (Å²) in [5.74, 6) is 1.29. The van der Waals surface area contributed by atoms with Crippen molar-refractivity contribution in [2.45, 2.75) is 52.9 Å². The van der Waals surface area contributed by atoms with Gasteiger partial charge in [0.1, 0.15) is 0 Å². The van der Waals surface area contributed by atoms with E-state index in [1.807, 2.05) is 4.90 Å². The molecule has 0 radical (unpaired) electrons. The SMILES string of the molecule is CCC1(CO)CCN(C(=O)NCC2CCCN(CC(C)C)C2)CC1. The standard InChI is InChI=1S/C19H37N3O2/c1-4-19(15-23)7-10-22(11-8-19)18(24)20-12-17-6-5-9-21(14-17)13-16(2)3/h16-17,23H,4-15H2,1-3H3,(H,20,24). The van der Waals surface area contributed by atoms with Gasteiger partial charge < -0.3 is 20.2 Å². The summed E-state index contributed by atoms with van der Waals surface area (Å²) in [4.78, 5) is 16.9. The Labute approximate surface area is 147 Å². The first kappa shape index (κ1) is 19.5. The number of aliphatic hydroxyl groups excluding tert-OH is 1. The van der Waals surface area contributed by atoms with Crippen LogP contribution in [-0.2, 0) is 0 Å². The average Bonchev–Trinajstić information content (AvgIpc) is 2.59. The second-order valence-corrected chi connectivity index (χ2v) is 8.35. The lowest BCUT2D eigenvalue weighted by Gasteiger charge is -2.40. The highest BCUT2D eigenvalue weighted by Gasteiger charge is 2.34. The molecule has 24 heavy (non-hydrogen) atoms. The monoisotopic (exact) mass is 339 g/mol. The Morgan fingerprint density at radius 3 is 2.58 bits per heavy atom. The van der Waals surface area contributed by atoms with E-state index in [0.29, 0.717) is 11.8 Å². The summed E-state index contributed by atoms with van der Waals surface area (Å²) in [7, 11) is 0. The maximum absolute atomic E-state index is 12.4. The third kappa shape index (κ3) is 5.35. The van der Waals surface area contributed by atoms with Crippen molar-refractivity contribution < 1.29 is 9.90 Å². The van der Waals surface area contributed by atoms with Crippen LogP contribution in [0.25, 0.3) is 0 Å². The van der Waals surface area contributed by atoms with Crippen molar-refractivity contribution in [1.82, 2.24) is 15.1 Å². The molecule has 2 saturated heterocycles. The fraction of sp³-hybridized carbons (Fsp3) is 0.947. The molecule has 2 N–H and O–H groups in total. The highest BCUT2D eigenvalue weighted by Crippen LogP contribution is 2.34. The van der Waals surface area contributed by atoms with Gasteiger partial charge in [0, 0.05) is 39.3 Å². The molecule has 0 spiro atoms. The minimum Gasteiger partial charge on any atom is -0.396 e. The molecule has 0 aliphatic carbocycles. The van der Waals surface area contributed by atoms with Crippen LogP contribution in [0, 0.1) is 17.3 Å². The molecule has 2 aliphatic heterocycles. The third-order valence-corrected chi connectivity index (χ3v) is 5.97. The van der Waals surface area contributed by atoms with Gasteiger partial charge in [-0.2, -0.15) is 0 Å². The van der Waals surface area contributed by atoms with Gasteiger partial charge in [0.05, 0.1) is 0 Å². The average molecular weight is 340 g/mol. The van der Waals surface area contributed by atoms with Gasteiger partial charge in [-0.3, -0.25) is 0 Å². The van der Waals surface area contributed by atoms with E-state index in [9.17, 15) is 9.90 Å². The normalized spacial score (nSPS) is 25.0. The summed E-state index contributed by atoms with van der Waals surface area (Å²) in [5, 5.41) is 12.8. The molecular formula is C19H37N3O2. The Morgan fingerprint density at radius 1 is 1.29 bits per heavy atom. The third-order valence-electron chi connectivity index (χ3n) is 5.97. The molecule has 0 aromatic rings. The lowest BCUT2D eigenvalue weighted by Crippen LogP contribution is -2.50. The van der Waals surface area contributed by atoms with E-state index in [0.717, 1.165) is 52.0 Å². The van der Waals surface area contributed by atoms with Crippen LogP contribution in [0.3, 0.4) is 0 Å². The number of amides is 2. The van der Waals surface area contributed by atoms with Crippen molar-refractivity contribution in [3.05, 3.63) is 0 Å². The number of urea groups is 1. The molecule has 2 fully saturated rings. The summed E-state index contributed by atoms with van der Waals surface area (Å²) in [5.41, 5.74) is 0.0392. The first-order valence-corrected chi connectivity index (χ1v) is 9.84. The number of hydrogen-bond acceptors (Lipinski definition) is 3. The van der Waals surface area contributed by atoms with Crippen molar-refractivity contribution in [2.24, 2.45) is 17.3 Å². The Bertz CT molecular complexity index is 386. The second-order valence-electron chi connectivity index (χ2n) is 8.35. The van der Waals surface area contributed by atoms with E-state index in [1.165, 1.54) is 19.4 Å². The minimum atomic E-state index is 0.0392. The van der Waals surface area contributed by atoms with Gasteiger partial charge in [-0.15, -0.1) is 0 Å². The van der Waals surface area contributed by atoms with Crippen molar-refractivity contribution in [3.8, 4) is 0 Å². The largest absolute Gasteiger partial charge is 0.396 e. The molecule has 140 valence electrons. The Kier molecular flexibility index (Phi) is 7.35. The van der Waals surface area contributed by atoms with E-state index in [2.05, 4.69) is 31.0 Å². The Morgan fingerprint density at radius 2 is 2.00 bits per heavy atom.